The van der Waals surface area contributed by atoms with Gasteiger partial charge >= 0.3 is 0 Å². The van der Waals surface area contributed by atoms with Gasteiger partial charge in [-0.25, -0.2) is 8.42 Å². The molecular formula is C16H22O3S. The summed E-state index contributed by atoms with van der Waals surface area (Å²) in [7, 11) is -3.41. The molecule has 1 aromatic carbocycles. The van der Waals surface area contributed by atoms with E-state index in [4.69, 9.17) is 4.74 Å². The second-order valence-electron chi connectivity index (χ2n) is 5.17. The largest absolute Gasteiger partial charge is 0.490 e. The molecule has 0 heterocycles. The Bertz CT molecular complexity index is 568. The van der Waals surface area contributed by atoms with Crippen LogP contribution >= 0.6 is 0 Å². The number of ether oxygens (including phenoxy) is 1. The normalized spacial score (nSPS) is 13.0. The van der Waals surface area contributed by atoms with Crippen molar-refractivity contribution < 1.29 is 13.2 Å². The van der Waals surface area contributed by atoms with Crippen molar-refractivity contribution in [2.45, 2.75) is 31.8 Å². The lowest BCUT2D eigenvalue weighted by Crippen LogP contribution is -2.19. The minimum Gasteiger partial charge on any atom is -0.490 e. The van der Waals surface area contributed by atoms with Crippen LogP contribution in [-0.2, 0) is 14.6 Å². The fourth-order valence-electron chi connectivity index (χ4n) is 1.72. The number of sulfone groups is 1. The molecule has 1 rings (SSSR count). The average molecular weight is 294 g/mol. The Balaban J connectivity index is 2.78. The van der Waals surface area contributed by atoms with Gasteiger partial charge < -0.3 is 4.74 Å². The predicted molar refractivity (Wildman–Crippen MR) is 82.3 cm³/mol. The van der Waals surface area contributed by atoms with Gasteiger partial charge in [0.2, 0.25) is 0 Å². The molecule has 0 spiro atoms. The van der Waals surface area contributed by atoms with Crippen LogP contribution in [0.2, 0.25) is 0 Å². The van der Waals surface area contributed by atoms with E-state index in [1.165, 1.54) is 0 Å². The van der Waals surface area contributed by atoms with Crippen LogP contribution in [0.15, 0.2) is 54.2 Å². The molecule has 1 aromatic rings. The van der Waals surface area contributed by atoms with Gasteiger partial charge in [-0.2, -0.15) is 0 Å². The average Bonchev–Trinajstić information content (AvgIpc) is 2.35. The fraction of sp³-hybridized carbons (Fsp3) is 0.375. The van der Waals surface area contributed by atoms with E-state index in [0.29, 0.717) is 0 Å². The van der Waals surface area contributed by atoms with E-state index in [1.807, 2.05) is 20.8 Å². The van der Waals surface area contributed by atoms with Crippen molar-refractivity contribution in [3.05, 3.63) is 54.8 Å². The molecule has 0 saturated heterocycles. The maximum absolute atomic E-state index is 12.2. The monoisotopic (exact) mass is 294 g/mol. The summed E-state index contributed by atoms with van der Waals surface area (Å²) in [5.41, 5.74) is 1.02. The van der Waals surface area contributed by atoms with Gasteiger partial charge in [0, 0.05) is 0 Å². The molecule has 4 heteroatoms. The second-order valence-corrected chi connectivity index (χ2v) is 7.16. The summed E-state index contributed by atoms with van der Waals surface area (Å²) < 4.78 is 30.0. The quantitative estimate of drug-likeness (QED) is 0.571. The first-order valence-corrected chi connectivity index (χ1v) is 8.18. The van der Waals surface area contributed by atoms with Gasteiger partial charge in [-0.15, -0.1) is 0 Å². The molecule has 1 unspecified atom stereocenters. The lowest BCUT2D eigenvalue weighted by molar-refractivity contribution is 0.119. The minimum atomic E-state index is -3.41. The second kappa shape index (κ2) is 6.75. The molecular weight excluding hydrogens is 272 g/mol. The molecule has 0 aliphatic carbocycles. The molecule has 0 amide bonds. The SMILES string of the molecule is C=CC(OC(=C)CS(=O)(=O)c1ccc(C)cc1)C(C)C. The zero-order valence-corrected chi connectivity index (χ0v) is 13.1. The van der Waals surface area contributed by atoms with Crippen LogP contribution in [0.3, 0.4) is 0 Å². The Hall–Kier alpha value is -1.55. The standard InChI is InChI=1S/C16H22O3S/c1-6-16(12(2)3)19-14(5)11-20(17,18)15-9-7-13(4)8-10-15/h6-10,12,16H,1,5,11H2,2-4H3. The number of benzene rings is 1. The first-order chi connectivity index (χ1) is 9.26. The molecule has 0 bridgehead atoms. The molecule has 1 atom stereocenters. The van der Waals surface area contributed by atoms with E-state index >= 15 is 0 Å². The van der Waals surface area contributed by atoms with Gasteiger partial charge in [0.05, 0.1) is 4.90 Å². The summed E-state index contributed by atoms with van der Waals surface area (Å²) in [5.74, 6) is 0.239. The Kier molecular flexibility index (Phi) is 5.57. The molecule has 0 fully saturated rings. The first-order valence-electron chi connectivity index (χ1n) is 6.52. The summed E-state index contributed by atoms with van der Waals surface area (Å²) in [4.78, 5) is 0.285. The summed E-state index contributed by atoms with van der Waals surface area (Å²) in [6, 6.07) is 6.76. The topological polar surface area (TPSA) is 43.4 Å². The first kappa shape index (κ1) is 16.5. The van der Waals surface area contributed by atoms with Crippen molar-refractivity contribution in [2.75, 3.05) is 5.75 Å². The molecule has 0 saturated carbocycles. The van der Waals surface area contributed by atoms with Crippen molar-refractivity contribution in [3.63, 3.8) is 0 Å². The van der Waals surface area contributed by atoms with Crippen LogP contribution in [0, 0.1) is 12.8 Å². The van der Waals surface area contributed by atoms with E-state index in [9.17, 15) is 8.42 Å². The van der Waals surface area contributed by atoms with Crippen LogP contribution in [0.5, 0.6) is 0 Å². The number of hydrogen-bond acceptors (Lipinski definition) is 3. The van der Waals surface area contributed by atoms with Gasteiger partial charge in [-0.05, 0) is 25.0 Å². The molecule has 110 valence electrons. The number of aryl methyl sites for hydroxylation is 1. The highest BCUT2D eigenvalue weighted by Gasteiger charge is 2.19. The van der Waals surface area contributed by atoms with Gasteiger partial charge in [0.15, 0.2) is 9.84 Å². The van der Waals surface area contributed by atoms with E-state index in [-0.39, 0.29) is 28.4 Å². The van der Waals surface area contributed by atoms with Crippen molar-refractivity contribution >= 4 is 9.84 Å². The third-order valence-electron chi connectivity index (χ3n) is 2.92. The van der Waals surface area contributed by atoms with E-state index in [2.05, 4.69) is 13.2 Å². The maximum Gasteiger partial charge on any atom is 0.185 e. The van der Waals surface area contributed by atoms with Gasteiger partial charge in [0.1, 0.15) is 17.6 Å². The third-order valence-corrected chi connectivity index (χ3v) is 4.62. The van der Waals surface area contributed by atoms with E-state index in [0.717, 1.165) is 5.56 Å². The highest BCUT2D eigenvalue weighted by Crippen LogP contribution is 2.17. The Labute approximate surface area is 121 Å². The maximum atomic E-state index is 12.2. The Morgan fingerprint density at radius 2 is 1.85 bits per heavy atom. The van der Waals surface area contributed by atoms with Crippen LogP contribution in [-0.4, -0.2) is 20.3 Å². The third kappa shape index (κ3) is 4.53. The predicted octanol–water partition coefficient (Wildman–Crippen LogP) is 3.51. The smallest absolute Gasteiger partial charge is 0.185 e. The van der Waals surface area contributed by atoms with Crippen molar-refractivity contribution in [3.8, 4) is 0 Å². The van der Waals surface area contributed by atoms with Crippen LogP contribution < -0.4 is 0 Å². The molecule has 0 radical (unpaired) electrons. The van der Waals surface area contributed by atoms with Crippen molar-refractivity contribution in [2.24, 2.45) is 5.92 Å². The summed E-state index contributed by atoms with van der Waals surface area (Å²) >= 11 is 0. The van der Waals surface area contributed by atoms with Gasteiger partial charge in [-0.3, -0.25) is 0 Å². The van der Waals surface area contributed by atoms with Gasteiger partial charge in [-0.1, -0.05) is 50.8 Å². The zero-order valence-electron chi connectivity index (χ0n) is 12.3. The number of hydrogen-bond donors (Lipinski definition) is 0. The van der Waals surface area contributed by atoms with Crippen molar-refractivity contribution in [1.29, 1.82) is 0 Å². The van der Waals surface area contributed by atoms with Crippen LogP contribution in [0.25, 0.3) is 0 Å². The van der Waals surface area contributed by atoms with E-state index in [1.54, 1.807) is 30.3 Å². The van der Waals surface area contributed by atoms with Gasteiger partial charge in [0.25, 0.3) is 0 Å². The lowest BCUT2D eigenvalue weighted by atomic mass is 10.1. The molecule has 0 N–H and O–H groups in total. The van der Waals surface area contributed by atoms with E-state index < -0.39 is 9.84 Å². The molecule has 0 aliphatic rings. The summed E-state index contributed by atoms with van der Waals surface area (Å²) in [5, 5.41) is 0. The summed E-state index contributed by atoms with van der Waals surface area (Å²) in [6.07, 6.45) is 1.43. The highest BCUT2D eigenvalue weighted by atomic mass is 32.2. The highest BCUT2D eigenvalue weighted by molar-refractivity contribution is 7.91. The lowest BCUT2D eigenvalue weighted by Gasteiger charge is -2.20. The Morgan fingerprint density at radius 1 is 1.30 bits per heavy atom. The zero-order chi connectivity index (χ0) is 15.3. The molecule has 0 aliphatic heterocycles. The molecule has 3 nitrogen and oxygen atoms in total. The van der Waals surface area contributed by atoms with Crippen LogP contribution in [0.4, 0.5) is 0 Å². The minimum absolute atomic E-state index is 0.214. The van der Waals surface area contributed by atoms with Crippen molar-refractivity contribution in [1.82, 2.24) is 0 Å². The summed E-state index contributed by atoms with van der Waals surface area (Å²) in [6.45, 7) is 13.3. The molecule has 20 heavy (non-hydrogen) atoms. The fourth-order valence-corrected chi connectivity index (χ4v) is 2.93. The molecule has 0 aromatic heterocycles. The number of rotatable bonds is 7. The van der Waals surface area contributed by atoms with Crippen LogP contribution in [0.1, 0.15) is 19.4 Å². The Morgan fingerprint density at radius 3 is 2.30 bits per heavy atom.